The molecule has 6 heteroatoms. The van der Waals surface area contributed by atoms with Crippen LogP contribution in [0.5, 0.6) is 0 Å². The van der Waals surface area contributed by atoms with E-state index >= 15 is 0 Å². The summed E-state index contributed by atoms with van der Waals surface area (Å²) < 4.78 is 0. The van der Waals surface area contributed by atoms with E-state index in [9.17, 15) is 9.59 Å². The lowest BCUT2D eigenvalue weighted by Gasteiger charge is -2.31. The molecular formula is C22H24N4O2. The highest BCUT2D eigenvalue weighted by atomic mass is 16.2. The summed E-state index contributed by atoms with van der Waals surface area (Å²) in [6, 6.07) is 15.4. The molecule has 2 heterocycles. The zero-order chi connectivity index (χ0) is 19.5. The predicted octanol–water partition coefficient (Wildman–Crippen LogP) is 3.01. The minimum atomic E-state index is -0.205. The Balaban J connectivity index is 1.30. The first kappa shape index (κ1) is 18.2. The third-order valence-electron chi connectivity index (χ3n) is 5.43. The van der Waals surface area contributed by atoms with Gasteiger partial charge in [-0.3, -0.25) is 9.59 Å². The Morgan fingerprint density at radius 3 is 2.57 bits per heavy atom. The lowest BCUT2D eigenvalue weighted by molar-refractivity contribution is -0.131. The minimum Gasteiger partial charge on any atom is -0.343 e. The molecule has 0 radical (unpaired) electrons. The van der Waals surface area contributed by atoms with Crippen molar-refractivity contribution in [3.8, 4) is 0 Å². The Kier molecular flexibility index (Phi) is 5.10. The second-order valence-electron chi connectivity index (χ2n) is 7.29. The van der Waals surface area contributed by atoms with E-state index in [1.165, 1.54) is 0 Å². The first-order valence-corrected chi connectivity index (χ1v) is 9.68. The van der Waals surface area contributed by atoms with Gasteiger partial charge in [0.25, 0.3) is 5.91 Å². The molecule has 3 aromatic rings. The van der Waals surface area contributed by atoms with E-state index in [0.29, 0.717) is 24.6 Å². The number of hydrogen-bond donors (Lipinski definition) is 2. The molecule has 0 atom stereocenters. The summed E-state index contributed by atoms with van der Waals surface area (Å²) in [7, 11) is 0. The third-order valence-corrected chi connectivity index (χ3v) is 5.43. The molecule has 1 aliphatic rings. The number of rotatable bonds is 4. The number of imidazole rings is 1. The summed E-state index contributed by atoms with van der Waals surface area (Å²) in [5.74, 6) is 1.09. The number of nitrogens with zero attached hydrogens (tertiary/aromatic N) is 2. The summed E-state index contributed by atoms with van der Waals surface area (Å²) in [6.07, 6.45) is 1.74. The van der Waals surface area contributed by atoms with E-state index in [-0.39, 0.29) is 18.4 Å². The van der Waals surface area contributed by atoms with E-state index in [2.05, 4.69) is 10.3 Å². The zero-order valence-corrected chi connectivity index (χ0v) is 15.9. The molecule has 6 nitrogen and oxygen atoms in total. The third kappa shape index (κ3) is 3.76. The van der Waals surface area contributed by atoms with Gasteiger partial charge in [0.1, 0.15) is 5.82 Å². The van der Waals surface area contributed by atoms with Gasteiger partial charge in [0, 0.05) is 24.6 Å². The smallest absolute Gasteiger partial charge is 0.251 e. The van der Waals surface area contributed by atoms with Gasteiger partial charge in [-0.05, 0) is 43.5 Å². The highest BCUT2D eigenvalue weighted by Gasteiger charge is 2.26. The average Bonchev–Trinajstić information content (AvgIpc) is 3.16. The number of carbonyl (C=O) groups excluding carboxylic acids is 2. The summed E-state index contributed by atoms with van der Waals surface area (Å²) in [5.41, 5.74) is 3.54. The molecule has 0 spiro atoms. The fraction of sp³-hybridized carbons (Fsp3) is 0.318. The number of benzene rings is 2. The Morgan fingerprint density at radius 1 is 1.11 bits per heavy atom. The van der Waals surface area contributed by atoms with Crippen LogP contribution in [0.4, 0.5) is 0 Å². The quantitative estimate of drug-likeness (QED) is 0.735. The number of carbonyl (C=O) groups is 2. The molecule has 4 rings (SSSR count). The van der Waals surface area contributed by atoms with Crippen molar-refractivity contribution in [2.75, 3.05) is 19.6 Å². The van der Waals surface area contributed by atoms with Gasteiger partial charge in [0.2, 0.25) is 5.91 Å². The van der Waals surface area contributed by atoms with Crippen LogP contribution in [0.15, 0.2) is 48.5 Å². The molecule has 2 aromatic carbocycles. The zero-order valence-electron chi connectivity index (χ0n) is 15.9. The van der Waals surface area contributed by atoms with Crippen LogP contribution >= 0.6 is 0 Å². The topological polar surface area (TPSA) is 78.1 Å². The highest BCUT2D eigenvalue weighted by Crippen LogP contribution is 2.27. The second kappa shape index (κ2) is 7.84. The van der Waals surface area contributed by atoms with Crippen LogP contribution in [-0.2, 0) is 4.79 Å². The van der Waals surface area contributed by atoms with Gasteiger partial charge < -0.3 is 15.2 Å². The van der Waals surface area contributed by atoms with Crippen molar-refractivity contribution >= 4 is 22.8 Å². The lowest BCUT2D eigenvalue weighted by Crippen LogP contribution is -2.44. The number of nitrogens with one attached hydrogen (secondary N) is 2. The molecule has 0 saturated carbocycles. The maximum Gasteiger partial charge on any atom is 0.251 e. The Bertz CT molecular complexity index is 969. The molecule has 1 fully saturated rings. The molecular weight excluding hydrogens is 352 g/mol. The summed E-state index contributed by atoms with van der Waals surface area (Å²) in [6.45, 7) is 3.28. The van der Waals surface area contributed by atoms with Gasteiger partial charge >= 0.3 is 0 Å². The van der Waals surface area contributed by atoms with Crippen LogP contribution in [0.1, 0.15) is 40.5 Å². The van der Waals surface area contributed by atoms with E-state index in [1.54, 1.807) is 6.07 Å². The predicted molar refractivity (Wildman–Crippen MR) is 108 cm³/mol. The number of para-hydroxylation sites is 2. The Morgan fingerprint density at radius 2 is 1.82 bits per heavy atom. The number of aromatic nitrogens is 2. The van der Waals surface area contributed by atoms with Gasteiger partial charge in [-0.25, -0.2) is 4.98 Å². The number of aryl methyl sites for hydroxylation is 1. The van der Waals surface area contributed by atoms with Crippen LogP contribution in [0.3, 0.4) is 0 Å². The summed E-state index contributed by atoms with van der Waals surface area (Å²) >= 11 is 0. The molecule has 2 N–H and O–H groups in total. The van der Waals surface area contributed by atoms with Crippen molar-refractivity contribution in [3.05, 3.63) is 65.5 Å². The molecule has 1 saturated heterocycles. The van der Waals surface area contributed by atoms with Crippen LogP contribution < -0.4 is 5.32 Å². The van der Waals surface area contributed by atoms with E-state index < -0.39 is 0 Å². The van der Waals surface area contributed by atoms with Gasteiger partial charge in [-0.15, -0.1) is 0 Å². The van der Waals surface area contributed by atoms with Crippen molar-refractivity contribution < 1.29 is 9.59 Å². The number of H-pyrrole nitrogens is 1. The number of likely N-dealkylation sites (tertiary alicyclic amines) is 1. The molecule has 1 aromatic heterocycles. The number of piperidine rings is 1. The average molecular weight is 376 g/mol. The lowest BCUT2D eigenvalue weighted by atomic mass is 9.96. The van der Waals surface area contributed by atoms with Crippen molar-refractivity contribution in [1.82, 2.24) is 20.2 Å². The van der Waals surface area contributed by atoms with Crippen LogP contribution in [0.2, 0.25) is 0 Å². The standard InChI is InChI=1S/C22H24N4O2/c1-15-6-2-3-7-17(15)22(28)23-14-20(27)26-12-10-16(11-13-26)21-24-18-8-4-5-9-19(18)25-21/h2-9,16H,10-14H2,1H3,(H,23,28)(H,24,25). The number of aromatic amines is 1. The number of fused-ring (bicyclic) bond motifs is 1. The van der Waals surface area contributed by atoms with E-state index in [0.717, 1.165) is 35.3 Å². The maximum atomic E-state index is 12.5. The van der Waals surface area contributed by atoms with Crippen molar-refractivity contribution in [3.63, 3.8) is 0 Å². The van der Waals surface area contributed by atoms with Crippen LogP contribution in [0, 0.1) is 6.92 Å². The van der Waals surface area contributed by atoms with Crippen LogP contribution in [0.25, 0.3) is 11.0 Å². The molecule has 2 amide bonds. The van der Waals surface area contributed by atoms with Gasteiger partial charge in [-0.2, -0.15) is 0 Å². The molecule has 0 aliphatic carbocycles. The molecule has 144 valence electrons. The van der Waals surface area contributed by atoms with Gasteiger partial charge in [0.15, 0.2) is 0 Å². The molecule has 0 bridgehead atoms. The van der Waals surface area contributed by atoms with Crippen molar-refractivity contribution in [2.45, 2.75) is 25.7 Å². The number of hydrogen-bond acceptors (Lipinski definition) is 3. The van der Waals surface area contributed by atoms with E-state index in [4.69, 9.17) is 4.98 Å². The Labute approximate surface area is 164 Å². The fourth-order valence-corrected chi connectivity index (χ4v) is 3.76. The fourth-order valence-electron chi connectivity index (χ4n) is 3.76. The normalized spacial score (nSPS) is 15.0. The highest BCUT2D eigenvalue weighted by molar-refractivity contribution is 5.97. The van der Waals surface area contributed by atoms with Gasteiger partial charge in [0.05, 0.1) is 17.6 Å². The first-order chi connectivity index (χ1) is 13.6. The molecule has 1 aliphatic heterocycles. The summed E-state index contributed by atoms with van der Waals surface area (Å²) in [5, 5.41) is 2.75. The van der Waals surface area contributed by atoms with E-state index in [1.807, 2.05) is 54.3 Å². The molecule has 28 heavy (non-hydrogen) atoms. The first-order valence-electron chi connectivity index (χ1n) is 9.68. The minimum absolute atomic E-state index is 0.0302. The SMILES string of the molecule is Cc1ccccc1C(=O)NCC(=O)N1CCC(c2nc3ccccc3[nH]2)CC1. The number of amides is 2. The second-order valence-corrected chi connectivity index (χ2v) is 7.29. The summed E-state index contributed by atoms with van der Waals surface area (Å²) in [4.78, 5) is 34.7. The van der Waals surface area contributed by atoms with Crippen LogP contribution in [-0.4, -0.2) is 46.3 Å². The van der Waals surface area contributed by atoms with Crippen molar-refractivity contribution in [2.24, 2.45) is 0 Å². The van der Waals surface area contributed by atoms with Crippen molar-refractivity contribution in [1.29, 1.82) is 0 Å². The van der Waals surface area contributed by atoms with Gasteiger partial charge in [-0.1, -0.05) is 30.3 Å². The molecule has 0 unspecified atom stereocenters. The monoisotopic (exact) mass is 376 g/mol. The Hall–Kier alpha value is -3.15. The maximum absolute atomic E-state index is 12.5. The largest absolute Gasteiger partial charge is 0.343 e.